The maximum atomic E-state index is 15.2. The molecule has 0 bridgehead atoms. The summed E-state index contributed by atoms with van der Waals surface area (Å²) in [5.74, 6) is -4.25. The molecule has 2 amide bonds. The highest BCUT2D eigenvalue weighted by Gasteiger charge is 2.62. The molecule has 268 valence electrons. The molecular formula is C34H39F2N5O8S. The maximum Gasteiger partial charge on any atom is 0.411 e. The van der Waals surface area contributed by atoms with E-state index in [1.807, 2.05) is 0 Å². The number of ether oxygens (including phenoxy) is 4. The highest BCUT2D eigenvalue weighted by molar-refractivity contribution is 7.93. The Morgan fingerprint density at radius 1 is 0.960 bits per heavy atom. The molecular weight excluding hydrogens is 676 g/mol. The van der Waals surface area contributed by atoms with Crippen molar-refractivity contribution in [2.24, 2.45) is 0 Å². The minimum absolute atomic E-state index is 0.0663. The van der Waals surface area contributed by atoms with E-state index < -0.39 is 55.4 Å². The molecule has 50 heavy (non-hydrogen) atoms. The van der Waals surface area contributed by atoms with Crippen molar-refractivity contribution >= 4 is 27.7 Å². The minimum Gasteiger partial charge on any atom is -0.497 e. The summed E-state index contributed by atoms with van der Waals surface area (Å²) in [4.78, 5) is 38.8. The second kappa shape index (κ2) is 14.0. The molecule has 3 aliphatic heterocycles. The van der Waals surface area contributed by atoms with Crippen LogP contribution in [-0.2, 0) is 25.2 Å². The van der Waals surface area contributed by atoms with Gasteiger partial charge in [0, 0.05) is 56.1 Å². The highest BCUT2D eigenvalue weighted by atomic mass is 32.2. The van der Waals surface area contributed by atoms with E-state index >= 15 is 8.78 Å². The molecule has 1 atom stereocenters. The lowest BCUT2D eigenvalue weighted by Gasteiger charge is -2.42. The number of halogens is 2. The first-order chi connectivity index (χ1) is 24.0. The molecule has 2 fully saturated rings. The highest BCUT2D eigenvalue weighted by Crippen LogP contribution is 2.52. The molecule has 16 heteroatoms. The van der Waals surface area contributed by atoms with Crippen molar-refractivity contribution in [2.45, 2.75) is 36.3 Å². The second-order valence-electron chi connectivity index (χ2n) is 12.3. The van der Waals surface area contributed by atoms with E-state index in [2.05, 4.69) is 21.8 Å². The van der Waals surface area contributed by atoms with Gasteiger partial charge >= 0.3 is 6.09 Å². The first-order valence-corrected chi connectivity index (χ1v) is 17.7. The zero-order valence-corrected chi connectivity index (χ0v) is 29.0. The Hall–Kier alpha value is -4.54. The van der Waals surface area contributed by atoms with Gasteiger partial charge in [0.05, 0.1) is 32.1 Å². The second-order valence-corrected chi connectivity index (χ2v) is 14.0. The summed E-state index contributed by atoms with van der Waals surface area (Å²) in [7, 11) is -0.260. The average molecular weight is 716 g/mol. The summed E-state index contributed by atoms with van der Waals surface area (Å²) in [5, 5.41) is 0. The third kappa shape index (κ3) is 6.09. The Kier molecular flexibility index (Phi) is 9.88. The molecule has 3 aromatic rings. The monoisotopic (exact) mass is 715 g/mol. The largest absolute Gasteiger partial charge is 0.497 e. The Morgan fingerprint density at radius 3 is 2.32 bits per heavy atom. The summed E-state index contributed by atoms with van der Waals surface area (Å²) in [6.45, 7) is 5.30. The van der Waals surface area contributed by atoms with Gasteiger partial charge in [-0.25, -0.2) is 27.0 Å². The number of likely N-dealkylation sites (tertiary alicyclic amines) is 1. The van der Waals surface area contributed by atoms with Crippen LogP contribution in [0.1, 0.15) is 30.9 Å². The normalized spacial score (nSPS) is 20.5. The number of pyridine rings is 1. The zero-order chi connectivity index (χ0) is 35.8. The van der Waals surface area contributed by atoms with Gasteiger partial charge in [-0.2, -0.15) is 4.31 Å². The van der Waals surface area contributed by atoms with E-state index in [9.17, 15) is 18.0 Å². The molecule has 1 aromatic heterocycles. The first-order valence-electron chi connectivity index (χ1n) is 16.3. The van der Waals surface area contributed by atoms with Crippen molar-refractivity contribution in [1.82, 2.24) is 19.7 Å². The van der Waals surface area contributed by atoms with E-state index in [0.29, 0.717) is 35.6 Å². The predicted molar refractivity (Wildman–Crippen MR) is 177 cm³/mol. The van der Waals surface area contributed by atoms with Crippen molar-refractivity contribution in [1.29, 1.82) is 0 Å². The number of carbonyl (C=O) groups excluding carboxylic acids is 2. The van der Waals surface area contributed by atoms with Gasteiger partial charge in [0.25, 0.3) is 21.5 Å². The Bertz CT molecular complexity index is 1880. The van der Waals surface area contributed by atoms with Crippen molar-refractivity contribution in [3.63, 3.8) is 0 Å². The van der Waals surface area contributed by atoms with Gasteiger partial charge in [-0.1, -0.05) is 0 Å². The number of fused-ring (bicyclic) bond motifs is 1. The molecule has 2 aromatic carbocycles. The van der Waals surface area contributed by atoms with Crippen molar-refractivity contribution in [3.8, 4) is 17.4 Å². The lowest BCUT2D eigenvalue weighted by molar-refractivity contribution is -0.132. The third-order valence-electron chi connectivity index (χ3n) is 9.46. The van der Waals surface area contributed by atoms with Gasteiger partial charge in [-0.05, 0) is 70.2 Å². The van der Waals surface area contributed by atoms with Gasteiger partial charge in [0.15, 0.2) is 11.6 Å². The van der Waals surface area contributed by atoms with E-state index in [4.69, 9.17) is 18.9 Å². The number of carbonyl (C=O) groups is 2. The summed E-state index contributed by atoms with van der Waals surface area (Å²) in [6, 6.07) is 8.22. The number of sulfonamides is 1. The lowest BCUT2D eigenvalue weighted by atomic mass is 9.87. The zero-order valence-electron chi connectivity index (χ0n) is 28.2. The molecule has 0 radical (unpaired) electrons. The van der Waals surface area contributed by atoms with Gasteiger partial charge in [0.2, 0.25) is 5.88 Å². The molecule has 0 aliphatic carbocycles. The fourth-order valence-electron chi connectivity index (χ4n) is 6.83. The molecule has 0 spiro atoms. The minimum atomic E-state index is -4.95. The van der Waals surface area contributed by atoms with Crippen LogP contribution in [-0.4, -0.2) is 113 Å². The number of hydrogen-bond donors (Lipinski definition) is 0. The number of hydrogen-bond acceptors (Lipinski definition) is 11. The molecule has 6 rings (SSSR count). The number of anilines is 1. The maximum absolute atomic E-state index is 15.2. The lowest BCUT2D eigenvalue weighted by Crippen LogP contribution is -2.55. The number of piperazine rings is 1. The average Bonchev–Trinajstić information content (AvgIpc) is 3.35. The summed E-state index contributed by atoms with van der Waals surface area (Å²) >= 11 is 0. The SMILES string of the molecule is CCOc1ncccc1C1(OC(=O)N2CCN(C3CCN(C)CC3)CC2)C(=O)N(S(=O)(=O)c2ccc(OC)cc2OC)c2cc(F)c(F)cc21. The number of benzene rings is 2. The van der Waals surface area contributed by atoms with Crippen molar-refractivity contribution in [2.75, 3.05) is 71.4 Å². The standard InChI is InChI=1S/C34H39F2N5O8S/c1-5-48-31-24(7-6-12-37-31)34(49-33(43)40-17-15-39(16-18-40)22-10-13-38(2)14-11-22)25-20-26(35)27(36)21-28(25)41(32(34)42)50(44,45)30-9-8-23(46-3)19-29(30)47-4/h6-9,12,19-22H,5,10-11,13-18H2,1-4H3. The van der Waals surface area contributed by atoms with Crippen molar-refractivity contribution < 1.29 is 45.7 Å². The fraction of sp³-hybridized carbons (Fsp3) is 0.441. The molecule has 3 aliphatic rings. The number of aromatic nitrogens is 1. The molecule has 2 saturated heterocycles. The third-order valence-corrected chi connectivity index (χ3v) is 11.2. The van der Waals surface area contributed by atoms with Crippen LogP contribution in [0.5, 0.6) is 17.4 Å². The van der Waals surface area contributed by atoms with Gasteiger partial charge in [0.1, 0.15) is 16.4 Å². The quantitative estimate of drug-likeness (QED) is 0.322. The molecule has 1 unspecified atom stereocenters. The van der Waals surface area contributed by atoms with E-state index in [0.717, 1.165) is 32.0 Å². The molecule has 4 heterocycles. The van der Waals surface area contributed by atoms with Crippen LogP contribution >= 0.6 is 0 Å². The van der Waals surface area contributed by atoms with Crippen LogP contribution in [0.15, 0.2) is 53.6 Å². The number of nitrogens with zero attached hydrogens (tertiary/aromatic N) is 5. The van der Waals surface area contributed by atoms with Crippen LogP contribution < -0.4 is 18.5 Å². The van der Waals surface area contributed by atoms with Gasteiger partial charge < -0.3 is 28.7 Å². The number of piperidine rings is 1. The van der Waals surface area contributed by atoms with Gasteiger partial charge in [-0.3, -0.25) is 9.69 Å². The Labute approximate surface area is 289 Å². The van der Waals surface area contributed by atoms with Crippen LogP contribution in [0.3, 0.4) is 0 Å². The molecule has 0 saturated carbocycles. The number of rotatable bonds is 9. The van der Waals surface area contributed by atoms with E-state index in [1.54, 1.807) is 6.92 Å². The van der Waals surface area contributed by atoms with Crippen LogP contribution in [0.4, 0.5) is 19.3 Å². The summed E-state index contributed by atoms with van der Waals surface area (Å²) < 4.78 is 81.9. The van der Waals surface area contributed by atoms with Crippen LogP contribution in [0, 0.1) is 11.6 Å². The van der Waals surface area contributed by atoms with Crippen LogP contribution in [0.25, 0.3) is 0 Å². The van der Waals surface area contributed by atoms with Gasteiger partial charge in [-0.15, -0.1) is 0 Å². The smallest absolute Gasteiger partial charge is 0.411 e. The number of methoxy groups -OCH3 is 2. The van der Waals surface area contributed by atoms with Crippen LogP contribution in [0.2, 0.25) is 0 Å². The predicted octanol–water partition coefficient (Wildman–Crippen LogP) is 3.60. The summed E-state index contributed by atoms with van der Waals surface area (Å²) in [6.07, 6.45) is 2.42. The number of amides is 2. The first kappa shape index (κ1) is 35.3. The molecule has 13 nitrogen and oxygen atoms in total. The topological polar surface area (TPSA) is 131 Å². The van der Waals surface area contributed by atoms with E-state index in [-0.39, 0.29) is 42.6 Å². The fourth-order valence-corrected chi connectivity index (χ4v) is 8.42. The Balaban J connectivity index is 1.45. The van der Waals surface area contributed by atoms with E-state index in [1.165, 1.54) is 49.6 Å². The Morgan fingerprint density at radius 2 is 1.66 bits per heavy atom. The van der Waals surface area contributed by atoms with Crippen molar-refractivity contribution in [3.05, 3.63) is 71.4 Å². The molecule has 0 N–H and O–H groups in total. The summed E-state index contributed by atoms with van der Waals surface area (Å²) in [5.41, 5.74) is -3.81.